The van der Waals surface area contributed by atoms with Gasteiger partial charge in [-0.1, -0.05) is 52.5 Å². The fourth-order valence-electron chi connectivity index (χ4n) is 2.11. The van der Waals surface area contributed by atoms with Gasteiger partial charge in [-0.2, -0.15) is 0 Å². The summed E-state index contributed by atoms with van der Waals surface area (Å²) in [6, 6.07) is 0. The van der Waals surface area contributed by atoms with Crippen LogP contribution in [0.3, 0.4) is 0 Å². The molecule has 0 aromatic carbocycles. The molecule has 0 radical (unpaired) electrons. The van der Waals surface area contributed by atoms with Crippen LogP contribution in [-0.2, 0) is 0 Å². The molecule has 1 heteroatoms. The third-order valence-electron chi connectivity index (χ3n) is 3.16. The second kappa shape index (κ2) is 11.0. The molecule has 0 aliphatic heterocycles. The summed E-state index contributed by atoms with van der Waals surface area (Å²) in [7, 11) is 0. The zero-order chi connectivity index (χ0) is 12.2. The molecule has 0 aromatic rings. The van der Waals surface area contributed by atoms with Gasteiger partial charge in [-0.25, -0.2) is 0 Å². The Kier molecular flexibility index (Phi) is 10.7. The Labute approximate surface area is 103 Å². The predicted molar refractivity (Wildman–Crippen MR) is 74.7 cm³/mol. The number of hydrogen-bond acceptors (Lipinski definition) is 1. The Hall–Kier alpha value is -0.460. The number of allylic oxidation sites excluding steroid dienone is 2. The van der Waals surface area contributed by atoms with Crippen molar-refractivity contribution in [1.82, 2.24) is 4.90 Å². The Morgan fingerprint density at radius 2 is 1.38 bits per heavy atom. The first-order chi connectivity index (χ1) is 7.79. The van der Waals surface area contributed by atoms with E-state index in [0.29, 0.717) is 0 Å². The molecule has 0 N–H and O–H groups in total. The SMILES string of the molecule is CC=C(CC)N(CCCCC)CCCCC. The van der Waals surface area contributed by atoms with Crippen molar-refractivity contribution in [1.29, 1.82) is 0 Å². The van der Waals surface area contributed by atoms with Crippen LogP contribution in [0.4, 0.5) is 0 Å². The summed E-state index contributed by atoms with van der Waals surface area (Å²) in [6.07, 6.45) is 11.5. The molecule has 0 bridgehead atoms. The minimum atomic E-state index is 1.18. The molecule has 0 fully saturated rings. The average molecular weight is 225 g/mol. The Morgan fingerprint density at radius 3 is 1.69 bits per heavy atom. The van der Waals surface area contributed by atoms with Gasteiger partial charge >= 0.3 is 0 Å². The van der Waals surface area contributed by atoms with Gasteiger partial charge in [-0.15, -0.1) is 0 Å². The first-order valence-electron chi connectivity index (χ1n) is 7.20. The lowest BCUT2D eigenvalue weighted by molar-refractivity contribution is 0.317. The van der Waals surface area contributed by atoms with Crippen LogP contribution in [0.1, 0.15) is 72.6 Å². The standard InChI is InChI=1S/C15H31N/c1-5-9-11-13-16(14-12-10-6-2)15(7-3)8-4/h7H,5-6,8-14H2,1-4H3. The van der Waals surface area contributed by atoms with Crippen LogP contribution in [0.2, 0.25) is 0 Å². The highest BCUT2D eigenvalue weighted by atomic mass is 15.1. The topological polar surface area (TPSA) is 3.24 Å². The van der Waals surface area contributed by atoms with Crippen molar-refractivity contribution in [2.75, 3.05) is 13.1 Å². The normalized spacial score (nSPS) is 11.9. The summed E-state index contributed by atoms with van der Waals surface area (Å²) in [4.78, 5) is 2.60. The number of unbranched alkanes of at least 4 members (excludes halogenated alkanes) is 4. The van der Waals surface area contributed by atoms with Crippen LogP contribution in [0.15, 0.2) is 11.8 Å². The summed E-state index contributed by atoms with van der Waals surface area (Å²) in [6.45, 7) is 11.5. The van der Waals surface area contributed by atoms with E-state index in [1.165, 1.54) is 63.7 Å². The molecule has 1 nitrogen and oxygen atoms in total. The monoisotopic (exact) mass is 225 g/mol. The average Bonchev–Trinajstić information content (AvgIpc) is 2.30. The van der Waals surface area contributed by atoms with E-state index >= 15 is 0 Å². The maximum Gasteiger partial charge on any atom is 0.0174 e. The van der Waals surface area contributed by atoms with Crippen molar-refractivity contribution in [2.24, 2.45) is 0 Å². The first kappa shape index (κ1) is 15.5. The van der Waals surface area contributed by atoms with Gasteiger partial charge in [-0.3, -0.25) is 0 Å². The third kappa shape index (κ3) is 6.92. The molecule has 0 rings (SSSR count). The Bertz CT molecular complexity index is 162. The Morgan fingerprint density at radius 1 is 0.875 bits per heavy atom. The highest BCUT2D eigenvalue weighted by Gasteiger charge is 2.06. The summed E-state index contributed by atoms with van der Waals surface area (Å²) < 4.78 is 0. The van der Waals surface area contributed by atoms with E-state index in [4.69, 9.17) is 0 Å². The summed E-state index contributed by atoms with van der Waals surface area (Å²) in [5.41, 5.74) is 1.53. The first-order valence-corrected chi connectivity index (χ1v) is 7.20. The van der Waals surface area contributed by atoms with Crippen LogP contribution < -0.4 is 0 Å². The van der Waals surface area contributed by atoms with Crippen LogP contribution in [0, 0.1) is 0 Å². The maximum absolute atomic E-state index is 2.60. The van der Waals surface area contributed by atoms with E-state index < -0.39 is 0 Å². The van der Waals surface area contributed by atoms with Crippen molar-refractivity contribution in [3.8, 4) is 0 Å². The van der Waals surface area contributed by atoms with Crippen LogP contribution >= 0.6 is 0 Å². The molecule has 0 amide bonds. The van der Waals surface area contributed by atoms with Crippen LogP contribution in [0.25, 0.3) is 0 Å². The molecule has 0 aliphatic rings. The molecule has 0 saturated heterocycles. The highest BCUT2D eigenvalue weighted by molar-refractivity contribution is 4.98. The molecule has 0 aromatic heterocycles. The van der Waals surface area contributed by atoms with Gasteiger partial charge in [0.2, 0.25) is 0 Å². The van der Waals surface area contributed by atoms with Gasteiger partial charge in [-0.05, 0) is 26.2 Å². The molecule has 0 unspecified atom stereocenters. The number of hydrogen-bond donors (Lipinski definition) is 0. The summed E-state index contributed by atoms with van der Waals surface area (Å²) >= 11 is 0. The van der Waals surface area contributed by atoms with Crippen LogP contribution in [-0.4, -0.2) is 18.0 Å². The molecular formula is C15H31N. The van der Waals surface area contributed by atoms with Crippen LogP contribution in [0.5, 0.6) is 0 Å². The molecule has 0 atom stereocenters. The molecule has 0 saturated carbocycles. The maximum atomic E-state index is 2.60. The van der Waals surface area contributed by atoms with E-state index in [1.54, 1.807) is 0 Å². The fraction of sp³-hybridized carbons (Fsp3) is 0.867. The van der Waals surface area contributed by atoms with E-state index in [-0.39, 0.29) is 0 Å². The van der Waals surface area contributed by atoms with Crippen molar-refractivity contribution in [2.45, 2.75) is 72.6 Å². The number of rotatable bonds is 10. The van der Waals surface area contributed by atoms with E-state index in [2.05, 4.69) is 38.7 Å². The molecule has 96 valence electrons. The second-order valence-electron chi connectivity index (χ2n) is 4.53. The van der Waals surface area contributed by atoms with Crippen molar-refractivity contribution < 1.29 is 0 Å². The second-order valence-corrected chi connectivity index (χ2v) is 4.53. The molecule has 16 heavy (non-hydrogen) atoms. The van der Waals surface area contributed by atoms with Gasteiger partial charge in [0, 0.05) is 18.8 Å². The lowest BCUT2D eigenvalue weighted by atomic mass is 10.2. The summed E-state index contributed by atoms with van der Waals surface area (Å²) in [5.74, 6) is 0. The largest absolute Gasteiger partial charge is 0.375 e. The van der Waals surface area contributed by atoms with Gasteiger partial charge < -0.3 is 4.90 Å². The lowest BCUT2D eigenvalue weighted by Gasteiger charge is -2.27. The van der Waals surface area contributed by atoms with Crippen molar-refractivity contribution >= 4 is 0 Å². The van der Waals surface area contributed by atoms with Crippen molar-refractivity contribution in [3.63, 3.8) is 0 Å². The molecular weight excluding hydrogens is 194 g/mol. The smallest absolute Gasteiger partial charge is 0.0174 e. The number of nitrogens with zero attached hydrogens (tertiary/aromatic N) is 1. The molecule has 0 spiro atoms. The van der Waals surface area contributed by atoms with Gasteiger partial charge in [0.25, 0.3) is 0 Å². The quantitative estimate of drug-likeness (QED) is 0.474. The fourth-order valence-corrected chi connectivity index (χ4v) is 2.11. The van der Waals surface area contributed by atoms with E-state index in [1.807, 2.05) is 0 Å². The highest BCUT2D eigenvalue weighted by Crippen LogP contribution is 2.12. The van der Waals surface area contributed by atoms with E-state index in [9.17, 15) is 0 Å². The van der Waals surface area contributed by atoms with Crippen molar-refractivity contribution in [3.05, 3.63) is 11.8 Å². The summed E-state index contributed by atoms with van der Waals surface area (Å²) in [5, 5.41) is 0. The molecule has 0 heterocycles. The van der Waals surface area contributed by atoms with Gasteiger partial charge in [0.15, 0.2) is 0 Å². The third-order valence-corrected chi connectivity index (χ3v) is 3.16. The lowest BCUT2D eigenvalue weighted by Crippen LogP contribution is -2.25. The predicted octanol–water partition coefficient (Wildman–Crippen LogP) is 4.98. The minimum Gasteiger partial charge on any atom is -0.375 e. The molecule has 0 aliphatic carbocycles. The minimum absolute atomic E-state index is 1.18. The Balaban J connectivity index is 4.04. The zero-order valence-corrected chi connectivity index (χ0v) is 11.9. The van der Waals surface area contributed by atoms with Gasteiger partial charge in [0.05, 0.1) is 0 Å². The van der Waals surface area contributed by atoms with E-state index in [0.717, 1.165) is 0 Å². The van der Waals surface area contributed by atoms with Gasteiger partial charge in [0.1, 0.15) is 0 Å². The zero-order valence-electron chi connectivity index (χ0n) is 11.9.